The van der Waals surface area contributed by atoms with Crippen LogP contribution in [0.4, 0.5) is 5.69 Å². The molecule has 2 aromatic rings. The molecule has 0 saturated carbocycles. The average Bonchev–Trinajstić information content (AvgIpc) is 2.85. The molecular weight excluding hydrogens is 232 g/mol. The summed E-state index contributed by atoms with van der Waals surface area (Å²) in [6, 6.07) is 1.75. The van der Waals surface area contributed by atoms with Crippen molar-refractivity contribution in [3.63, 3.8) is 0 Å². The molecule has 7 heteroatoms. The normalized spacial score (nSPS) is 10.6. The van der Waals surface area contributed by atoms with Crippen molar-refractivity contribution in [1.29, 1.82) is 0 Å². The molecule has 0 aromatic carbocycles. The third-order valence-electron chi connectivity index (χ3n) is 2.51. The molecule has 2 rings (SSSR count). The predicted octanol–water partition coefficient (Wildman–Crippen LogP) is -0.0628. The quantitative estimate of drug-likeness (QED) is 0.793. The van der Waals surface area contributed by atoms with Crippen molar-refractivity contribution in [1.82, 2.24) is 24.9 Å². The summed E-state index contributed by atoms with van der Waals surface area (Å²) in [5.74, 6) is -0.141. The molecule has 0 aliphatic rings. The molecule has 0 atom stereocenters. The van der Waals surface area contributed by atoms with E-state index in [0.717, 1.165) is 5.69 Å². The number of nitrogens with zero attached hydrogens (tertiary/aromatic N) is 4. The van der Waals surface area contributed by atoms with E-state index in [4.69, 9.17) is 5.73 Å². The van der Waals surface area contributed by atoms with Gasteiger partial charge in [0.1, 0.15) is 5.69 Å². The van der Waals surface area contributed by atoms with Crippen LogP contribution in [0.15, 0.2) is 18.5 Å². The smallest absolute Gasteiger partial charge is 0.269 e. The maximum absolute atomic E-state index is 11.8. The molecule has 7 nitrogen and oxygen atoms in total. The van der Waals surface area contributed by atoms with Gasteiger partial charge >= 0.3 is 0 Å². The van der Waals surface area contributed by atoms with E-state index in [1.54, 1.807) is 34.9 Å². The van der Waals surface area contributed by atoms with E-state index in [9.17, 15) is 4.79 Å². The van der Waals surface area contributed by atoms with Crippen LogP contribution in [0.25, 0.3) is 0 Å². The molecule has 18 heavy (non-hydrogen) atoms. The van der Waals surface area contributed by atoms with Crippen molar-refractivity contribution in [2.75, 3.05) is 12.3 Å². The molecule has 96 valence electrons. The number of nitrogens with one attached hydrogen (secondary N) is 1. The Hall–Kier alpha value is -2.31. The van der Waals surface area contributed by atoms with Crippen LogP contribution in [-0.4, -0.2) is 32.0 Å². The predicted molar refractivity (Wildman–Crippen MR) is 66.9 cm³/mol. The van der Waals surface area contributed by atoms with Gasteiger partial charge in [0, 0.05) is 19.8 Å². The molecule has 2 aromatic heterocycles. The van der Waals surface area contributed by atoms with Crippen LogP contribution in [0.5, 0.6) is 0 Å². The van der Waals surface area contributed by atoms with Gasteiger partial charge in [-0.1, -0.05) is 0 Å². The summed E-state index contributed by atoms with van der Waals surface area (Å²) < 4.78 is 3.25. The Balaban J connectivity index is 1.87. The van der Waals surface area contributed by atoms with Crippen LogP contribution in [0.2, 0.25) is 0 Å². The van der Waals surface area contributed by atoms with Crippen molar-refractivity contribution >= 4 is 11.6 Å². The highest BCUT2D eigenvalue weighted by molar-refractivity contribution is 5.92. The summed E-state index contributed by atoms with van der Waals surface area (Å²) in [5, 5.41) is 11.0. The van der Waals surface area contributed by atoms with Gasteiger partial charge in [0.2, 0.25) is 0 Å². The number of aryl methyl sites for hydroxylation is 2. The zero-order valence-corrected chi connectivity index (χ0v) is 10.4. The number of carbonyl (C=O) groups excluding carboxylic acids is 1. The van der Waals surface area contributed by atoms with Crippen molar-refractivity contribution in [2.45, 2.75) is 13.5 Å². The molecule has 1 amide bonds. The molecule has 2 heterocycles. The fourth-order valence-electron chi connectivity index (χ4n) is 1.70. The van der Waals surface area contributed by atoms with E-state index in [2.05, 4.69) is 15.5 Å². The Labute approximate surface area is 105 Å². The van der Waals surface area contributed by atoms with Gasteiger partial charge in [-0.05, 0) is 13.0 Å². The second-order valence-corrected chi connectivity index (χ2v) is 4.09. The lowest BCUT2D eigenvalue weighted by Gasteiger charge is -2.05. The summed E-state index contributed by atoms with van der Waals surface area (Å²) in [4.78, 5) is 11.8. The van der Waals surface area contributed by atoms with Crippen LogP contribution < -0.4 is 11.1 Å². The summed E-state index contributed by atoms with van der Waals surface area (Å²) in [5.41, 5.74) is 7.53. The molecule has 0 saturated heterocycles. The van der Waals surface area contributed by atoms with Crippen LogP contribution in [0.1, 0.15) is 16.2 Å². The van der Waals surface area contributed by atoms with E-state index >= 15 is 0 Å². The lowest BCUT2D eigenvalue weighted by molar-refractivity contribution is 0.0942. The SMILES string of the molecule is Cc1cc(C(=O)NCCn2cc(N)cn2)n(C)n1. The number of amides is 1. The van der Waals surface area contributed by atoms with Crippen LogP contribution in [-0.2, 0) is 13.6 Å². The van der Waals surface area contributed by atoms with Gasteiger partial charge in [-0.2, -0.15) is 10.2 Å². The van der Waals surface area contributed by atoms with E-state index < -0.39 is 0 Å². The Morgan fingerprint density at radius 2 is 2.33 bits per heavy atom. The first-order chi connectivity index (χ1) is 8.56. The lowest BCUT2D eigenvalue weighted by Crippen LogP contribution is -2.29. The van der Waals surface area contributed by atoms with Crippen LogP contribution in [0.3, 0.4) is 0 Å². The van der Waals surface area contributed by atoms with Gasteiger partial charge in [-0.25, -0.2) is 0 Å². The third kappa shape index (κ3) is 2.68. The van der Waals surface area contributed by atoms with Gasteiger partial charge in [0.05, 0.1) is 24.1 Å². The fourth-order valence-corrected chi connectivity index (χ4v) is 1.70. The molecular formula is C11H16N6O. The minimum atomic E-state index is -0.141. The van der Waals surface area contributed by atoms with Crippen LogP contribution in [0, 0.1) is 6.92 Å². The largest absolute Gasteiger partial charge is 0.396 e. The average molecular weight is 248 g/mol. The standard InChI is InChI=1S/C11H16N6O/c1-8-5-10(16(2)15-8)11(18)13-3-4-17-7-9(12)6-14-17/h5-7H,3-4,12H2,1-2H3,(H,13,18). The topological polar surface area (TPSA) is 90.8 Å². The maximum atomic E-state index is 11.8. The number of aromatic nitrogens is 4. The second kappa shape index (κ2) is 4.91. The number of hydrogen-bond acceptors (Lipinski definition) is 4. The van der Waals surface area contributed by atoms with Crippen LogP contribution >= 0.6 is 0 Å². The van der Waals surface area contributed by atoms with Gasteiger partial charge < -0.3 is 11.1 Å². The number of carbonyl (C=O) groups is 1. The number of nitrogens with two attached hydrogens (primary N) is 1. The monoisotopic (exact) mass is 248 g/mol. The minimum Gasteiger partial charge on any atom is -0.396 e. The molecule has 3 N–H and O–H groups in total. The van der Waals surface area contributed by atoms with Gasteiger partial charge in [-0.15, -0.1) is 0 Å². The summed E-state index contributed by atoms with van der Waals surface area (Å²) in [7, 11) is 1.75. The number of anilines is 1. The number of nitrogen functional groups attached to an aromatic ring is 1. The Morgan fingerprint density at radius 3 is 2.89 bits per heavy atom. The highest BCUT2D eigenvalue weighted by Gasteiger charge is 2.10. The Kier molecular flexibility index (Phi) is 3.31. The molecule has 0 bridgehead atoms. The molecule has 0 radical (unpaired) electrons. The maximum Gasteiger partial charge on any atom is 0.269 e. The lowest BCUT2D eigenvalue weighted by atomic mass is 10.3. The molecule has 0 aliphatic heterocycles. The zero-order valence-electron chi connectivity index (χ0n) is 10.4. The van der Waals surface area contributed by atoms with Gasteiger partial charge in [-0.3, -0.25) is 14.2 Å². The first-order valence-corrected chi connectivity index (χ1v) is 5.63. The fraction of sp³-hybridized carbons (Fsp3) is 0.364. The van der Waals surface area contributed by atoms with E-state index in [1.807, 2.05) is 6.92 Å². The zero-order chi connectivity index (χ0) is 13.1. The molecule has 0 fully saturated rings. The highest BCUT2D eigenvalue weighted by atomic mass is 16.2. The van der Waals surface area contributed by atoms with Gasteiger partial charge in [0.25, 0.3) is 5.91 Å². The van der Waals surface area contributed by atoms with Crippen molar-refractivity contribution < 1.29 is 4.79 Å². The second-order valence-electron chi connectivity index (χ2n) is 4.09. The number of rotatable bonds is 4. The first-order valence-electron chi connectivity index (χ1n) is 5.63. The first kappa shape index (κ1) is 12.2. The third-order valence-corrected chi connectivity index (χ3v) is 2.51. The summed E-state index contributed by atoms with van der Waals surface area (Å²) >= 11 is 0. The van der Waals surface area contributed by atoms with Crippen molar-refractivity contribution in [2.24, 2.45) is 7.05 Å². The minimum absolute atomic E-state index is 0.141. The Bertz CT molecular complexity index is 556. The van der Waals surface area contributed by atoms with Crippen molar-refractivity contribution in [3.05, 3.63) is 29.8 Å². The molecule has 0 unspecified atom stereocenters. The highest BCUT2D eigenvalue weighted by Crippen LogP contribution is 2.01. The Morgan fingerprint density at radius 1 is 1.56 bits per heavy atom. The summed E-state index contributed by atoms with van der Waals surface area (Å²) in [6.45, 7) is 2.92. The summed E-state index contributed by atoms with van der Waals surface area (Å²) in [6.07, 6.45) is 3.30. The van der Waals surface area contributed by atoms with E-state index in [1.165, 1.54) is 0 Å². The number of hydrogen-bond donors (Lipinski definition) is 2. The van der Waals surface area contributed by atoms with E-state index in [0.29, 0.717) is 24.5 Å². The molecule has 0 aliphatic carbocycles. The molecule has 0 spiro atoms. The van der Waals surface area contributed by atoms with E-state index in [-0.39, 0.29) is 5.91 Å². The van der Waals surface area contributed by atoms with Gasteiger partial charge in [0.15, 0.2) is 0 Å². The van der Waals surface area contributed by atoms with Crippen molar-refractivity contribution in [3.8, 4) is 0 Å².